The van der Waals surface area contributed by atoms with Crippen LogP contribution in [-0.2, 0) is 5.54 Å². The number of benzene rings is 1. The van der Waals surface area contributed by atoms with Gasteiger partial charge in [-0.05, 0) is 24.6 Å². The first-order chi connectivity index (χ1) is 8.69. The number of hydrogen-bond acceptors (Lipinski definition) is 3. The Morgan fingerprint density at radius 1 is 1.00 bits per heavy atom. The molecule has 1 aromatic carbocycles. The number of hydrogen-bond donors (Lipinski definition) is 1. The summed E-state index contributed by atoms with van der Waals surface area (Å²) in [5.74, 6) is 0.740. The molecule has 1 unspecified atom stereocenters. The van der Waals surface area contributed by atoms with Crippen LogP contribution in [0.25, 0.3) is 5.65 Å². The van der Waals surface area contributed by atoms with E-state index in [0.717, 1.165) is 17.0 Å². The molecule has 1 atom stereocenters. The number of rotatable bonds is 2. The molecule has 3 aromatic rings. The molecule has 0 spiro atoms. The molecule has 0 saturated heterocycles. The third kappa shape index (κ3) is 1.58. The lowest BCUT2D eigenvalue weighted by Gasteiger charge is -2.23. The largest absolute Gasteiger partial charge is 0.315 e. The maximum atomic E-state index is 6.45. The fraction of sp³-hybridized carbons (Fsp3) is 0.143. The van der Waals surface area contributed by atoms with E-state index in [0.29, 0.717) is 0 Å². The first kappa shape index (κ1) is 10.9. The summed E-state index contributed by atoms with van der Waals surface area (Å²) in [6.45, 7) is 1.95. The van der Waals surface area contributed by atoms with E-state index >= 15 is 0 Å². The minimum Gasteiger partial charge on any atom is -0.315 e. The van der Waals surface area contributed by atoms with Gasteiger partial charge < -0.3 is 5.73 Å². The summed E-state index contributed by atoms with van der Waals surface area (Å²) in [5.41, 5.74) is 7.60. The lowest BCUT2D eigenvalue weighted by molar-refractivity contribution is 0.551. The van der Waals surface area contributed by atoms with Crippen molar-refractivity contribution in [2.24, 2.45) is 5.73 Å². The topological polar surface area (TPSA) is 56.2 Å². The third-order valence-electron chi connectivity index (χ3n) is 3.15. The highest BCUT2D eigenvalue weighted by Crippen LogP contribution is 2.24. The van der Waals surface area contributed by atoms with E-state index in [1.54, 1.807) is 0 Å². The van der Waals surface area contributed by atoms with Crippen LogP contribution in [0.15, 0.2) is 54.7 Å². The van der Waals surface area contributed by atoms with Gasteiger partial charge in [0.2, 0.25) is 0 Å². The molecule has 2 N–H and O–H groups in total. The standard InChI is InChI=1S/C14H14N4/c1-14(15,11-7-3-2-4-8-11)13-17-16-12-9-5-6-10-18(12)13/h2-10H,15H2,1H3. The van der Waals surface area contributed by atoms with E-state index in [4.69, 9.17) is 5.73 Å². The molecule has 3 rings (SSSR count). The molecule has 4 heteroatoms. The van der Waals surface area contributed by atoms with Crippen LogP contribution in [0.5, 0.6) is 0 Å². The highest BCUT2D eigenvalue weighted by molar-refractivity contribution is 5.41. The van der Waals surface area contributed by atoms with Crippen molar-refractivity contribution < 1.29 is 0 Å². The van der Waals surface area contributed by atoms with Crippen LogP contribution < -0.4 is 5.73 Å². The van der Waals surface area contributed by atoms with Gasteiger partial charge in [-0.1, -0.05) is 36.4 Å². The molecule has 0 aliphatic rings. The van der Waals surface area contributed by atoms with Crippen LogP contribution >= 0.6 is 0 Å². The number of aromatic nitrogens is 3. The molecule has 0 amide bonds. The third-order valence-corrected chi connectivity index (χ3v) is 3.15. The summed E-state index contributed by atoms with van der Waals surface area (Å²) >= 11 is 0. The average molecular weight is 238 g/mol. The van der Waals surface area contributed by atoms with Gasteiger partial charge in [0.1, 0.15) is 0 Å². The molecular weight excluding hydrogens is 224 g/mol. The quantitative estimate of drug-likeness (QED) is 0.742. The molecule has 0 aliphatic heterocycles. The smallest absolute Gasteiger partial charge is 0.161 e. The maximum absolute atomic E-state index is 6.45. The minimum atomic E-state index is -0.665. The number of pyridine rings is 1. The van der Waals surface area contributed by atoms with Crippen LogP contribution in [0.3, 0.4) is 0 Å². The predicted molar refractivity (Wildman–Crippen MR) is 70.1 cm³/mol. The van der Waals surface area contributed by atoms with Crippen LogP contribution in [0, 0.1) is 0 Å². The number of nitrogens with two attached hydrogens (primary N) is 1. The lowest BCUT2D eigenvalue weighted by Crippen LogP contribution is -2.36. The van der Waals surface area contributed by atoms with Crippen molar-refractivity contribution in [3.63, 3.8) is 0 Å². The highest BCUT2D eigenvalue weighted by Gasteiger charge is 2.28. The summed E-state index contributed by atoms with van der Waals surface area (Å²) in [6, 6.07) is 15.7. The van der Waals surface area contributed by atoms with Crippen LogP contribution in [-0.4, -0.2) is 14.6 Å². The molecule has 0 fully saturated rings. The van der Waals surface area contributed by atoms with Crippen molar-refractivity contribution in [2.45, 2.75) is 12.5 Å². The first-order valence-electron chi connectivity index (χ1n) is 5.84. The van der Waals surface area contributed by atoms with Crippen molar-refractivity contribution >= 4 is 5.65 Å². The zero-order chi connectivity index (χ0) is 12.6. The van der Waals surface area contributed by atoms with Crippen molar-refractivity contribution in [3.05, 3.63) is 66.1 Å². The van der Waals surface area contributed by atoms with Crippen molar-refractivity contribution in [3.8, 4) is 0 Å². The SMILES string of the molecule is CC(N)(c1ccccc1)c1nnc2ccccn12. The minimum absolute atomic E-state index is 0.665. The lowest BCUT2D eigenvalue weighted by atomic mass is 9.92. The summed E-state index contributed by atoms with van der Waals surface area (Å²) in [6.07, 6.45) is 1.93. The fourth-order valence-electron chi connectivity index (χ4n) is 2.11. The molecule has 2 heterocycles. The molecule has 90 valence electrons. The zero-order valence-electron chi connectivity index (χ0n) is 10.1. The Balaban J connectivity index is 2.20. The fourth-order valence-corrected chi connectivity index (χ4v) is 2.11. The van der Waals surface area contributed by atoms with E-state index < -0.39 is 5.54 Å². The van der Waals surface area contributed by atoms with Gasteiger partial charge >= 0.3 is 0 Å². The second kappa shape index (κ2) is 3.92. The molecule has 0 aliphatic carbocycles. The highest BCUT2D eigenvalue weighted by atomic mass is 15.3. The summed E-state index contributed by atoms with van der Waals surface area (Å²) in [7, 11) is 0. The Bertz CT molecular complexity index is 670. The van der Waals surface area contributed by atoms with Crippen molar-refractivity contribution in [2.75, 3.05) is 0 Å². The van der Waals surface area contributed by atoms with Gasteiger partial charge in [0, 0.05) is 6.20 Å². The number of nitrogens with zero attached hydrogens (tertiary/aromatic N) is 3. The van der Waals surface area contributed by atoms with E-state index in [1.165, 1.54) is 0 Å². The predicted octanol–water partition coefficient (Wildman–Crippen LogP) is 1.95. The van der Waals surface area contributed by atoms with Crippen LogP contribution in [0.2, 0.25) is 0 Å². The Morgan fingerprint density at radius 2 is 1.72 bits per heavy atom. The molecule has 18 heavy (non-hydrogen) atoms. The summed E-state index contributed by atoms with van der Waals surface area (Å²) < 4.78 is 1.92. The molecule has 0 bridgehead atoms. The molecule has 4 nitrogen and oxygen atoms in total. The molecule has 0 radical (unpaired) electrons. The van der Waals surface area contributed by atoms with Gasteiger partial charge in [0.15, 0.2) is 11.5 Å². The van der Waals surface area contributed by atoms with E-state index in [9.17, 15) is 0 Å². The van der Waals surface area contributed by atoms with Gasteiger partial charge in [-0.2, -0.15) is 0 Å². The average Bonchev–Trinajstić information content (AvgIpc) is 2.84. The summed E-state index contributed by atoms with van der Waals surface area (Å²) in [5, 5.41) is 8.37. The zero-order valence-corrected chi connectivity index (χ0v) is 10.1. The second-order valence-electron chi connectivity index (χ2n) is 4.52. The normalized spacial score (nSPS) is 14.6. The van der Waals surface area contributed by atoms with Gasteiger partial charge in [-0.15, -0.1) is 10.2 Å². The van der Waals surface area contributed by atoms with E-state index in [2.05, 4.69) is 10.2 Å². The molecular formula is C14H14N4. The molecule has 0 saturated carbocycles. The van der Waals surface area contributed by atoms with Gasteiger partial charge in [-0.3, -0.25) is 4.40 Å². The van der Waals surface area contributed by atoms with Crippen LogP contribution in [0.1, 0.15) is 18.3 Å². The molecule has 2 aromatic heterocycles. The Morgan fingerprint density at radius 3 is 2.50 bits per heavy atom. The Hall–Kier alpha value is -2.20. The van der Waals surface area contributed by atoms with Gasteiger partial charge in [0.25, 0.3) is 0 Å². The Labute approximate surface area is 105 Å². The second-order valence-corrected chi connectivity index (χ2v) is 4.52. The van der Waals surface area contributed by atoms with Gasteiger partial charge in [-0.25, -0.2) is 0 Å². The van der Waals surface area contributed by atoms with Crippen molar-refractivity contribution in [1.82, 2.24) is 14.6 Å². The Kier molecular flexibility index (Phi) is 2.38. The monoisotopic (exact) mass is 238 g/mol. The maximum Gasteiger partial charge on any atom is 0.161 e. The van der Waals surface area contributed by atoms with E-state index in [-0.39, 0.29) is 0 Å². The first-order valence-corrected chi connectivity index (χ1v) is 5.84. The van der Waals surface area contributed by atoms with E-state index in [1.807, 2.05) is 66.1 Å². The summed E-state index contributed by atoms with van der Waals surface area (Å²) in [4.78, 5) is 0. The van der Waals surface area contributed by atoms with Crippen LogP contribution in [0.4, 0.5) is 0 Å². The number of fused-ring (bicyclic) bond motifs is 1. The van der Waals surface area contributed by atoms with Crippen molar-refractivity contribution in [1.29, 1.82) is 0 Å². The van der Waals surface area contributed by atoms with Gasteiger partial charge in [0.05, 0.1) is 5.54 Å².